The van der Waals surface area contributed by atoms with Crippen LogP contribution in [0.15, 0.2) is 60.8 Å². The van der Waals surface area contributed by atoms with Gasteiger partial charge in [0.15, 0.2) is 6.10 Å². The summed E-state index contributed by atoms with van der Waals surface area (Å²) in [5, 5.41) is 0. The molecule has 6 nitrogen and oxygen atoms in total. The molecule has 1 unspecified atom stereocenters. The van der Waals surface area contributed by atoms with Gasteiger partial charge in [0.2, 0.25) is 0 Å². The Morgan fingerprint density at radius 3 is 0.863 bits per heavy atom. The number of hydrogen-bond acceptors (Lipinski definition) is 6. The SMILES string of the molecule is CCC/C=C\CCCCCCCC(=O)OCC(COC(=O)CCCCCCCCCCCCCCCCCCCC/C=C\C/C=C\C/C=C\CCCCCCC)OC(=O)CCCCCCC/C=C\CCCCC. The summed E-state index contributed by atoms with van der Waals surface area (Å²) in [5.41, 5.74) is 0. The highest BCUT2D eigenvalue weighted by Gasteiger charge is 2.19. The summed E-state index contributed by atoms with van der Waals surface area (Å²) in [5.74, 6) is -0.886. The molecule has 0 amide bonds. The van der Waals surface area contributed by atoms with Gasteiger partial charge in [-0.15, -0.1) is 0 Å². The van der Waals surface area contributed by atoms with Crippen LogP contribution >= 0.6 is 0 Å². The molecule has 0 aromatic rings. The minimum Gasteiger partial charge on any atom is -0.462 e. The van der Waals surface area contributed by atoms with E-state index in [-0.39, 0.29) is 31.1 Å². The lowest BCUT2D eigenvalue weighted by atomic mass is 10.0. The Kier molecular flexibility index (Phi) is 59.2. The van der Waals surface area contributed by atoms with E-state index < -0.39 is 6.10 Å². The maximum Gasteiger partial charge on any atom is 0.306 e. The van der Waals surface area contributed by atoms with Crippen LogP contribution in [-0.2, 0) is 28.6 Å². The number of allylic oxidation sites excluding steroid dienone is 10. The van der Waals surface area contributed by atoms with Crippen LogP contribution in [-0.4, -0.2) is 37.2 Å². The standard InChI is InChI=1S/C67H120O6/c1-4-7-10-13-16-19-22-24-25-26-27-28-29-30-31-32-33-34-35-36-37-38-39-40-41-42-43-44-46-48-51-54-57-60-66(69)72-63-64(62-71-65(68)59-56-53-50-47-21-18-15-12-9-6-3)73-67(70)61-58-55-52-49-45-23-20-17-14-11-8-5-2/h12,15,17,20,22,24,26-27,29-30,64H,4-11,13-14,16,18-19,21,23,25,28,31-63H2,1-3H3/b15-12-,20-17-,24-22-,27-26-,30-29-. The number of unbranched alkanes of at least 4 members (excludes halogenated alkanes) is 37. The van der Waals surface area contributed by atoms with Crippen molar-refractivity contribution in [3.8, 4) is 0 Å². The molecule has 0 heterocycles. The van der Waals surface area contributed by atoms with E-state index in [0.717, 1.165) is 96.3 Å². The van der Waals surface area contributed by atoms with Crippen molar-refractivity contribution in [2.75, 3.05) is 13.2 Å². The maximum atomic E-state index is 12.8. The van der Waals surface area contributed by atoms with Crippen LogP contribution in [0.2, 0.25) is 0 Å². The molecule has 0 aliphatic rings. The molecule has 424 valence electrons. The second-order valence-corrected chi connectivity index (χ2v) is 21.3. The van der Waals surface area contributed by atoms with Gasteiger partial charge in [-0.2, -0.15) is 0 Å². The van der Waals surface area contributed by atoms with Crippen LogP contribution in [0.3, 0.4) is 0 Å². The average Bonchev–Trinajstić information content (AvgIpc) is 3.39. The van der Waals surface area contributed by atoms with Gasteiger partial charge in [0.1, 0.15) is 13.2 Å². The third-order valence-electron chi connectivity index (χ3n) is 13.9. The van der Waals surface area contributed by atoms with Gasteiger partial charge in [-0.3, -0.25) is 14.4 Å². The van der Waals surface area contributed by atoms with Crippen molar-refractivity contribution in [3.05, 3.63) is 60.8 Å². The van der Waals surface area contributed by atoms with E-state index in [4.69, 9.17) is 14.2 Å². The fourth-order valence-corrected chi connectivity index (χ4v) is 9.15. The van der Waals surface area contributed by atoms with Crippen molar-refractivity contribution in [1.29, 1.82) is 0 Å². The molecule has 0 saturated heterocycles. The minimum absolute atomic E-state index is 0.0773. The number of esters is 3. The van der Waals surface area contributed by atoms with Crippen molar-refractivity contribution >= 4 is 17.9 Å². The van der Waals surface area contributed by atoms with Crippen LogP contribution in [0.5, 0.6) is 0 Å². The lowest BCUT2D eigenvalue weighted by Gasteiger charge is -2.18. The summed E-state index contributed by atoms with van der Waals surface area (Å²) >= 11 is 0. The highest BCUT2D eigenvalue weighted by Crippen LogP contribution is 2.17. The quantitative estimate of drug-likeness (QED) is 0.0261. The Hall–Kier alpha value is -2.89. The number of carbonyl (C=O) groups excluding carboxylic acids is 3. The molecule has 0 bridgehead atoms. The van der Waals surface area contributed by atoms with E-state index in [1.54, 1.807) is 0 Å². The molecular weight excluding hydrogens is 901 g/mol. The summed E-state index contributed by atoms with van der Waals surface area (Å²) < 4.78 is 16.8. The first kappa shape index (κ1) is 70.1. The third-order valence-corrected chi connectivity index (χ3v) is 13.9. The molecule has 6 heteroatoms. The maximum absolute atomic E-state index is 12.8. The topological polar surface area (TPSA) is 78.9 Å². The monoisotopic (exact) mass is 1020 g/mol. The van der Waals surface area contributed by atoms with Crippen LogP contribution in [0.4, 0.5) is 0 Å². The lowest BCUT2D eigenvalue weighted by molar-refractivity contribution is -0.167. The van der Waals surface area contributed by atoms with Crippen molar-refractivity contribution in [2.45, 2.75) is 335 Å². The molecule has 0 aromatic carbocycles. The van der Waals surface area contributed by atoms with Gasteiger partial charge in [-0.25, -0.2) is 0 Å². The Bertz CT molecular complexity index is 1310. The summed E-state index contributed by atoms with van der Waals surface area (Å²) in [6.07, 6.45) is 78.3. The van der Waals surface area contributed by atoms with Gasteiger partial charge in [0.25, 0.3) is 0 Å². The second kappa shape index (κ2) is 61.7. The smallest absolute Gasteiger partial charge is 0.306 e. The number of ether oxygens (including phenoxy) is 3. The van der Waals surface area contributed by atoms with E-state index >= 15 is 0 Å². The molecular formula is C67H120O6. The molecule has 0 fully saturated rings. The summed E-state index contributed by atoms with van der Waals surface area (Å²) in [6, 6.07) is 0. The molecule has 0 aliphatic carbocycles. The number of carbonyl (C=O) groups is 3. The Morgan fingerprint density at radius 1 is 0.274 bits per heavy atom. The highest BCUT2D eigenvalue weighted by atomic mass is 16.6. The first-order valence-electron chi connectivity index (χ1n) is 31.8. The Balaban J connectivity index is 4.02. The van der Waals surface area contributed by atoms with Gasteiger partial charge >= 0.3 is 17.9 Å². The average molecular weight is 1020 g/mol. The van der Waals surface area contributed by atoms with Crippen molar-refractivity contribution < 1.29 is 28.6 Å². The van der Waals surface area contributed by atoms with E-state index in [9.17, 15) is 14.4 Å². The van der Waals surface area contributed by atoms with Crippen LogP contribution in [0, 0.1) is 0 Å². The van der Waals surface area contributed by atoms with E-state index in [1.807, 2.05) is 0 Å². The van der Waals surface area contributed by atoms with Gasteiger partial charge in [-0.05, 0) is 103 Å². The van der Waals surface area contributed by atoms with Crippen LogP contribution in [0.1, 0.15) is 329 Å². The zero-order chi connectivity index (χ0) is 52.9. The highest BCUT2D eigenvalue weighted by molar-refractivity contribution is 5.71. The fraction of sp³-hybridized carbons (Fsp3) is 0.806. The summed E-state index contributed by atoms with van der Waals surface area (Å²) in [7, 11) is 0. The van der Waals surface area contributed by atoms with Crippen molar-refractivity contribution in [2.24, 2.45) is 0 Å². The zero-order valence-electron chi connectivity index (χ0n) is 48.7. The molecule has 0 saturated carbocycles. The predicted octanol–water partition coefficient (Wildman–Crippen LogP) is 21.6. The van der Waals surface area contributed by atoms with Gasteiger partial charge < -0.3 is 14.2 Å². The van der Waals surface area contributed by atoms with Gasteiger partial charge in [0, 0.05) is 19.3 Å². The molecule has 73 heavy (non-hydrogen) atoms. The zero-order valence-corrected chi connectivity index (χ0v) is 48.7. The van der Waals surface area contributed by atoms with Gasteiger partial charge in [-0.1, -0.05) is 268 Å². The second-order valence-electron chi connectivity index (χ2n) is 21.3. The van der Waals surface area contributed by atoms with Crippen LogP contribution in [0.25, 0.3) is 0 Å². The Labute approximate surface area is 453 Å². The number of rotatable bonds is 58. The molecule has 0 rings (SSSR count). The fourth-order valence-electron chi connectivity index (χ4n) is 9.15. The molecule has 1 atom stereocenters. The normalized spacial score (nSPS) is 12.4. The third kappa shape index (κ3) is 59.9. The largest absolute Gasteiger partial charge is 0.462 e. The number of hydrogen-bond donors (Lipinski definition) is 0. The van der Waals surface area contributed by atoms with Gasteiger partial charge in [0.05, 0.1) is 0 Å². The van der Waals surface area contributed by atoms with E-state index in [0.29, 0.717) is 19.3 Å². The first-order valence-corrected chi connectivity index (χ1v) is 31.8. The minimum atomic E-state index is -0.778. The molecule has 0 spiro atoms. The first-order chi connectivity index (χ1) is 36.0. The summed E-state index contributed by atoms with van der Waals surface area (Å²) in [4.78, 5) is 38.0. The van der Waals surface area contributed by atoms with Crippen molar-refractivity contribution in [3.63, 3.8) is 0 Å². The molecule has 0 N–H and O–H groups in total. The van der Waals surface area contributed by atoms with E-state index in [2.05, 4.69) is 81.5 Å². The summed E-state index contributed by atoms with van der Waals surface area (Å²) in [6.45, 7) is 6.55. The van der Waals surface area contributed by atoms with Crippen LogP contribution < -0.4 is 0 Å². The Morgan fingerprint density at radius 2 is 0.521 bits per heavy atom. The molecule has 0 aliphatic heterocycles. The molecule has 0 aromatic heterocycles. The lowest BCUT2D eigenvalue weighted by Crippen LogP contribution is -2.30. The predicted molar refractivity (Wildman–Crippen MR) is 316 cm³/mol. The van der Waals surface area contributed by atoms with E-state index in [1.165, 1.54) is 193 Å². The molecule has 0 radical (unpaired) electrons. The van der Waals surface area contributed by atoms with Crippen molar-refractivity contribution in [1.82, 2.24) is 0 Å².